The summed E-state index contributed by atoms with van der Waals surface area (Å²) in [6.45, 7) is 0.268. The van der Waals surface area contributed by atoms with Crippen LogP contribution in [0, 0.1) is 0 Å². The molecule has 7 nitrogen and oxygen atoms in total. The number of benzene rings is 1. The predicted octanol–water partition coefficient (Wildman–Crippen LogP) is 1.17. The maximum absolute atomic E-state index is 11.1. The van der Waals surface area contributed by atoms with Crippen molar-refractivity contribution in [3.05, 3.63) is 42.2 Å². The Kier molecular flexibility index (Phi) is 2.30. The zero-order valence-corrected chi connectivity index (χ0v) is 9.15. The predicted molar refractivity (Wildman–Crippen MR) is 60.1 cm³/mol. The summed E-state index contributed by atoms with van der Waals surface area (Å²) in [5.74, 6) is -0.613. The summed E-state index contributed by atoms with van der Waals surface area (Å²) in [4.78, 5) is 15.0. The quantitative estimate of drug-likeness (QED) is 0.743. The Balaban J connectivity index is 2.14. The minimum Gasteiger partial charge on any atom is -0.476 e. The highest BCUT2D eigenvalue weighted by atomic mass is 16.5. The van der Waals surface area contributed by atoms with Crippen LogP contribution in [0.25, 0.3) is 10.9 Å². The lowest BCUT2D eigenvalue weighted by molar-refractivity contribution is 0.0691. The van der Waals surface area contributed by atoms with E-state index in [9.17, 15) is 4.79 Å². The second-order valence-corrected chi connectivity index (χ2v) is 3.68. The molecule has 0 radical (unpaired) electrons. The van der Waals surface area contributed by atoms with Crippen LogP contribution in [-0.2, 0) is 6.54 Å². The molecule has 1 N–H and O–H groups in total. The first kappa shape index (κ1) is 10.5. The van der Waals surface area contributed by atoms with Crippen LogP contribution < -0.4 is 0 Å². The first-order valence-corrected chi connectivity index (χ1v) is 5.20. The Labute approximate surface area is 101 Å². The SMILES string of the molecule is O=C(O)c1nn(Cc2ncon2)c2ccccc12. The van der Waals surface area contributed by atoms with Crippen molar-refractivity contribution in [2.45, 2.75) is 6.54 Å². The lowest BCUT2D eigenvalue weighted by atomic mass is 10.2. The molecule has 0 bridgehead atoms. The largest absolute Gasteiger partial charge is 0.476 e. The van der Waals surface area contributed by atoms with E-state index in [4.69, 9.17) is 5.11 Å². The molecule has 2 aromatic heterocycles. The van der Waals surface area contributed by atoms with Crippen molar-refractivity contribution >= 4 is 16.9 Å². The molecule has 0 saturated heterocycles. The van der Waals surface area contributed by atoms with Crippen LogP contribution in [0.1, 0.15) is 16.3 Å². The van der Waals surface area contributed by atoms with Gasteiger partial charge in [0.1, 0.15) is 6.54 Å². The van der Waals surface area contributed by atoms with Crippen molar-refractivity contribution in [2.24, 2.45) is 0 Å². The minimum absolute atomic E-state index is 0.0223. The monoisotopic (exact) mass is 244 g/mol. The molecule has 18 heavy (non-hydrogen) atoms. The Morgan fingerprint density at radius 3 is 2.94 bits per heavy atom. The molecule has 0 unspecified atom stereocenters. The number of carbonyl (C=O) groups is 1. The Morgan fingerprint density at radius 2 is 2.22 bits per heavy atom. The normalized spacial score (nSPS) is 10.9. The number of hydrogen-bond donors (Lipinski definition) is 1. The molecule has 0 fully saturated rings. The zero-order chi connectivity index (χ0) is 12.5. The van der Waals surface area contributed by atoms with Gasteiger partial charge in [0.15, 0.2) is 11.5 Å². The number of aromatic carboxylic acids is 1. The first-order valence-electron chi connectivity index (χ1n) is 5.20. The smallest absolute Gasteiger partial charge is 0.357 e. The van der Waals surface area contributed by atoms with Gasteiger partial charge in [0.2, 0.25) is 6.39 Å². The average Bonchev–Trinajstić information content (AvgIpc) is 2.98. The molecule has 7 heteroatoms. The summed E-state index contributed by atoms with van der Waals surface area (Å²) in [6, 6.07) is 7.12. The number of rotatable bonds is 3. The van der Waals surface area contributed by atoms with Gasteiger partial charge in [-0.2, -0.15) is 10.1 Å². The molecule has 0 atom stereocenters. The lowest BCUT2D eigenvalue weighted by Crippen LogP contribution is -2.05. The second kappa shape index (κ2) is 3.95. The molecule has 0 aliphatic carbocycles. The molecule has 0 aliphatic rings. The third-order valence-electron chi connectivity index (χ3n) is 2.56. The molecule has 0 aliphatic heterocycles. The number of aromatic nitrogens is 4. The Hall–Kier alpha value is -2.70. The molecular weight excluding hydrogens is 236 g/mol. The number of carboxylic acids is 1. The third-order valence-corrected chi connectivity index (χ3v) is 2.56. The lowest BCUT2D eigenvalue weighted by Gasteiger charge is -1.98. The molecule has 3 aromatic rings. The number of hydrogen-bond acceptors (Lipinski definition) is 5. The number of fused-ring (bicyclic) bond motifs is 1. The molecule has 0 saturated carbocycles. The van der Waals surface area contributed by atoms with Gasteiger partial charge in [0, 0.05) is 5.39 Å². The molecule has 1 aromatic carbocycles. The van der Waals surface area contributed by atoms with Crippen LogP contribution in [0.4, 0.5) is 0 Å². The van der Waals surface area contributed by atoms with Gasteiger partial charge in [0.25, 0.3) is 0 Å². The van der Waals surface area contributed by atoms with Gasteiger partial charge in [0.05, 0.1) is 5.52 Å². The van der Waals surface area contributed by atoms with Crippen LogP contribution in [0.15, 0.2) is 35.2 Å². The summed E-state index contributed by atoms with van der Waals surface area (Å²) in [5, 5.41) is 17.4. The first-order chi connectivity index (χ1) is 8.75. The van der Waals surface area contributed by atoms with Crippen LogP contribution >= 0.6 is 0 Å². The van der Waals surface area contributed by atoms with Gasteiger partial charge in [-0.1, -0.05) is 23.4 Å². The fraction of sp³-hybridized carbons (Fsp3) is 0.0909. The second-order valence-electron chi connectivity index (χ2n) is 3.68. The maximum atomic E-state index is 11.1. The highest BCUT2D eigenvalue weighted by Crippen LogP contribution is 2.18. The fourth-order valence-corrected chi connectivity index (χ4v) is 1.80. The molecule has 90 valence electrons. The molecule has 0 spiro atoms. The van der Waals surface area contributed by atoms with Crippen molar-refractivity contribution < 1.29 is 14.4 Å². The Bertz CT molecular complexity index is 702. The Morgan fingerprint density at radius 1 is 1.39 bits per heavy atom. The van der Waals surface area contributed by atoms with Crippen molar-refractivity contribution in [1.82, 2.24) is 19.9 Å². The summed E-state index contributed by atoms with van der Waals surface area (Å²) < 4.78 is 6.18. The van der Waals surface area contributed by atoms with E-state index in [0.29, 0.717) is 11.2 Å². The van der Waals surface area contributed by atoms with E-state index in [1.807, 2.05) is 6.07 Å². The van der Waals surface area contributed by atoms with E-state index < -0.39 is 5.97 Å². The van der Waals surface area contributed by atoms with Gasteiger partial charge >= 0.3 is 5.97 Å². The standard InChI is InChI=1S/C11H8N4O3/c16-11(17)10-7-3-1-2-4-8(7)15(13-10)5-9-12-6-18-14-9/h1-4,6H,5H2,(H,16,17). The van der Waals surface area contributed by atoms with Crippen molar-refractivity contribution in [1.29, 1.82) is 0 Å². The van der Waals surface area contributed by atoms with Gasteiger partial charge in [-0.3, -0.25) is 4.68 Å². The van der Waals surface area contributed by atoms with E-state index in [0.717, 1.165) is 5.52 Å². The minimum atomic E-state index is -1.06. The topological polar surface area (TPSA) is 94.0 Å². The van der Waals surface area contributed by atoms with Crippen LogP contribution in [-0.4, -0.2) is 31.0 Å². The molecule has 3 rings (SSSR count). The van der Waals surface area contributed by atoms with Crippen LogP contribution in [0.5, 0.6) is 0 Å². The number of nitrogens with zero attached hydrogens (tertiary/aromatic N) is 4. The molecule has 2 heterocycles. The van der Waals surface area contributed by atoms with Crippen molar-refractivity contribution in [3.63, 3.8) is 0 Å². The number of para-hydroxylation sites is 1. The summed E-state index contributed by atoms with van der Waals surface area (Å²) in [5.41, 5.74) is 0.744. The van der Waals surface area contributed by atoms with Gasteiger partial charge < -0.3 is 9.63 Å². The van der Waals surface area contributed by atoms with Crippen LogP contribution in [0.3, 0.4) is 0 Å². The fourth-order valence-electron chi connectivity index (χ4n) is 1.80. The van der Waals surface area contributed by atoms with Crippen molar-refractivity contribution in [3.8, 4) is 0 Å². The van der Waals surface area contributed by atoms with Gasteiger partial charge in [-0.25, -0.2) is 4.79 Å². The van der Waals surface area contributed by atoms with Gasteiger partial charge in [-0.05, 0) is 6.07 Å². The average molecular weight is 244 g/mol. The summed E-state index contributed by atoms with van der Waals surface area (Å²) in [6.07, 6.45) is 1.22. The maximum Gasteiger partial charge on any atom is 0.357 e. The summed E-state index contributed by atoms with van der Waals surface area (Å²) in [7, 11) is 0. The van der Waals surface area contributed by atoms with E-state index in [2.05, 4.69) is 19.8 Å². The highest BCUT2D eigenvalue weighted by molar-refractivity contribution is 6.01. The highest BCUT2D eigenvalue weighted by Gasteiger charge is 2.16. The van der Waals surface area contributed by atoms with Gasteiger partial charge in [-0.15, -0.1) is 0 Å². The molecule has 0 amide bonds. The third kappa shape index (κ3) is 1.61. The van der Waals surface area contributed by atoms with E-state index in [1.165, 1.54) is 6.39 Å². The van der Waals surface area contributed by atoms with E-state index in [-0.39, 0.29) is 12.2 Å². The van der Waals surface area contributed by atoms with Crippen LogP contribution in [0.2, 0.25) is 0 Å². The van der Waals surface area contributed by atoms with Crippen molar-refractivity contribution in [2.75, 3.05) is 0 Å². The zero-order valence-electron chi connectivity index (χ0n) is 9.15. The molecular formula is C11H8N4O3. The summed E-state index contributed by atoms with van der Waals surface area (Å²) >= 11 is 0. The van der Waals surface area contributed by atoms with E-state index in [1.54, 1.807) is 22.9 Å². The van der Waals surface area contributed by atoms with E-state index >= 15 is 0 Å². The number of carboxylic acid groups (broad SMARTS) is 1.